The molecule has 1 amide bonds. The van der Waals surface area contributed by atoms with Crippen LogP contribution in [0.1, 0.15) is 16.5 Å². The number of ether oxygens (including phenoxy) is 1. The monoisotopic (exact) mass is 349 g/mol. The fourth-order valence-electron chi connectivity index (χ4n) is 3.18. The first kappa shape index (κ1) is 15.9. The average Bonchev–Trinajstić information content (AvgIpc) is 3.18. The molecule has 126 valence electrons. The van der Waals surface area contributed by atoms with E-state index in [4.69, 9.17) is 4.74 Å². The van der Waals surface area contributed by atoms with E-state index in [2.05, 4.69) is 18.2 Å². The minimum absolute atomic E-state index is 0.00332. The number of hydrogen-bond donors (Lipinski definition) is 0. The van der Waals surface area contributed by atoms with Crippen LogP contribution in [0.5, 0.6) is 5.75 Å². The largest absolute Gasteiger partial charge is 0.478 e. The summed E-state index contributed by atoms with van der Waals surface area (Å²) in [7, 11) is 0. The lowest BCUT2D eigenvalue weighted by Crippen LogP contribution is -2.61. The molecule has 1 aliphatic heterocycles. The summed E-state index contributed by atoms with van der Waals surface area (Å²) < 4.78 is 6.00. The smallest absolute Gasteiger partial charge is 0.266 e. The van der Waals surface area contributed by atoms with Gasteiger partial charge in [0.1, 0.15) is 11.8 Å². The molecule has 0 radical (unpaired) electrons. The number of benzene rings is 2. The van der Waals surface area contributed by atoms with Crippen LogP contribution in [0.15, 0.2) is 78.2 Å². The number of carbonyl (C=O) groups excluding carboxylic acids is 1. The van der Waals surface area contributed by atoms with Gasteiger partial charge in [0, 0.05) is 11.4 Å². The van der Waals surface area contributed by atoms with Gasteiger partial charge < -0.3 is 9.64 Å². The Morgan fingerprint density at radius 3 is 2.32 bits per heavy atom. The number of carbonyl (C=O) groups is 1. The lowest BCUT2D eigenvalue weighted by molar-refractivity contribution is -0.163. The molecule has 2 atom stereocenters. The summed E-state index contributed by atoms with van der Waals surface area (Å²) in [6.07, 6.45) is 0.420. The highest BCUT2D eigenvalue weighted by Gasteiger charge is 2.50. The van der Waals surface area contributed by atoms with Gasteiger partial charge >= 0.3 is 0 Å². The minimum atomic E-state index is -0.433. The van der Waals surface area contributed by atoms with Crippen LogP contribution in [-0.2, 0) is 11.2 Å². The maximum atomic E-state index is 12.7. The Labute approximate surface area is 151 Å². The zero-order valence-corrected chi connectivity index (χ0v) is 14.6. The van der Waals surface area contributed by atoms with E-state index in [9.17, 15) is 4.79 Å². The highest BCUT2D eigenvalue weighted by atomic mass is 32.1. The molecule has 3 nitrogen and oxygen atoms in total. The van der Waals surface area contributed by atoms with Crippen LogP contribution >= 0.6 is 11.3 Å². The Kier molecular flexibility index (Phi) is 4.53. The predicted molar refractivity (Wildman–Crippen MR) is 99.8 cm³/mol. The maximum Gasteiger partial charge on any atom is 0.266 e. The number of amides is 1. The van der Waals surface area contributed by atoms with E-state index in [0.717, 1.165) is 12.2 Å². The van der Waals surface area contributed by atoms with Crippen molar-refractivity contribution in [1.29, 1.82) is 0 Å². The number of para-hydroxylation sites is 1. The molecule has 25 heavy (non-hydrogen) atoms. The molecule has 0 aliphatic carbocycles. The van der Waals surface area contributed by atoms with Gasteiger partial charge in [-0.3, -0.25) is 4.79 Å². The van der Waals surface area contributed by atoms with E-state index >= 15 is 0 Å². The first-order valence-corrected chi connectivity index (χ1v) is 9.30. The van der Waals surface area contributed by atoms with Gasteiger partial charge in [-0.25, -0.2) is 0 Å². The molecule has 0 spiro atoms. The molecule has 1 saturated heterocycles. The normalized spacial score (nSPS) is 19.5. The van der Waals surface area contributed by atoms with Crippen LogP contribution < -0.4 is 4.74 Å². The van der Waals surface area contributed by atoms with Crippen molar-refractivity contribution in [3.05, 3.63) is 88.6 Å². The van der Waals surface area contributed by atoms with Crippen molar-refractivity contribution in [3.8, 4) is 5.75 Å². The van der Waals surface area contributed by atoms with Crippen molar-refractivity contribution in [2.75, 3.05) is 6.54 Å². The highest BCUT2D eigenvalue weighted by Crippen LogP contribution is 2.39. The summed E-state index contributed by atoms with van der Waals surface area (Å²) in [5, 5.41) is 2.05. The van der Waals surface area contributed by atoms with Gasteiger partial charge in [0.05, 0.1) is 0 Å². The second kappa shape index (κ2) is 7.11. The van der Waals surface area contributed by atoms with Gasteiger partial charge in [0.15, 0.2) is 0 Å². The maximum absolute atomic E-state index is 12.7. The van der Waals surface area contributed by atoms with Gasteiger partial charge in [0.25, 0.3) is 5.91 Å². The van der Waals surface area contributed by atoms with Crippen molar-refractivity contribution in [2.45, 2.75) is 18.6 Å². The zero-order valence-electron chi connectivity index (χ0n) is 13.7. The van der Waals surface area contributed by atoms with Gasteiger partial charge in [-0.15, -0.1) is 11.3 Å². The van der Waals surface area contributed by atoms with Gasteiger partial charge in [-0.2, -0.15) is 0 Å². The Bertz CT molecular complexity index is 818. The van der Waals surface area contributed by atoms with Crippen LogP contribution in [0.2, 0.25) is 0 Å². The molecule has 0 N–H and O–H groups in total. The molecule has 2 heterocycles. The summed E-state index contributed by atoms with van der Waals surface area (Å²) in [5.74, 6) is 0.809. The van der Waals surface area contributed by atoms with E-state index < -0.39 is 6.10 Å². The molecule has 0 saturated carbocycles. The quantitative estimate of drug-likeness (QED) is 0.620. The third-order valence-electron chi connectivity index (χ3n) is 4.47. The van der Waals surface area contributed by atoms with E-state index in [1.54, 1.807) is 11.3 Å². The molecule has 1 aromatic heterocycles. The fraction of sp³-hybridized carbons (Fsp3) is 0.190. The van der Waals surface area contributed by atoms with Crippen molar-refractivity contribution in [3.63, 3.8) is 0 Å². The van der Waals surface area contributed by atoms with Crippen molar-refractivity contribution in [1.82, 2.24) is 4.90 Å². The molecule has 1 aliphatic rings. The molecule has 3 aromatic rings. The van der Waals surface area contributed by atoms with Gasteiger partial charge in [-0.1, -0.05) is 54.6 Å². The summed E-state index contributed by atoms with van der Waals surface area (Å²) in [6, 6.07) is 24.0. The van der Waals surface area contributed by atoms with Crippen LogP contribution in [0, 0.1) is 0 Å². The summed E-state index contributed by atoms with van der Waals surface area (Å²) in [5.41, 5.74) is 1.24. The predicted octanol–water partition coefficient (Wildman–Crippen LogP) is 4.32. The number of rotatable bonds is 6. The third kappa shape index (κ3) is 3.30. The molecule has 0 unspecified atom stereocenters. The Morgan fingerprint density at radius 2 is 1.64 bits per heavy atom. The molecule has 1 fully saturated rings. The molecule has 0 bridgehead atoms. The number of β-lactam (4-membered cyclic amide) rings is 1. The Hall–Kier alpha value is -2.59. The number of hydrogen-bond acceptors (Lipinski definition) is 3. The van der Waals surface area contributed by atoms with E-state index in [1.165, 1.54) is 10.4 Å². The SMILES string of the molecule is O=C1[C@@H](Oc2ccccc2)[C@@H](c2cccs2)N1CCc1ccccc1. The van der Waals surface area contributed by atoms with Gasteiger partial charge in [-0.05, 0) is 35.6 Å². The van der Waals surface area contributed by atoms with Crippen LogP contribution in [0.25, 0.3) is 0 Å². The second-order valence-corrected chi connectivity index (χ2v) is 7.06. The van der Waals surface area contributed by atoms with Crippen molar-refractivity contribution >= 4 is 17.2 Å². The molecule has 4 rings (SSSR count). The highest BCUT2D eigenvalue weighted by molar-refractivity contribution is 7.10. The van der Waals surface area contributed by atoms with Crippen LogP contribution in [0.3, 0.4) is 0 Å². The number of likely N-dealkylation sites (tertiary alicyclic amines) is 1. The first-order valence-electron chi connectivity index (χ1n) is 8.42. The topological polar surface area (TPSA) is 29.5 Å². The van der Waals surface area contributed by atoms with E-state index in [1.807, 2.05) is 64.9 Å². The van der Waals surface area contributed by atoms with Crippen molar-refractivity contribution in [2.24, 2.45) is 0 Å². The lowest BCUT2D eigenvalue weighted by atomic mass is 9.95. The Morgan fingerprint density at radius 1 is 0.920 bits per heavy atom. The van der Waals surface area contributed by atoms with Crippen LogP contribution in [-0.4, -0.2) is 23.5 Å². The van der Waals surface area contributed by atoms with E-state index in [0.29, 0.717) is 6.54 Å². The fourth-order valence-corrected chi connectivity index (χ4v) is 4.04. The molecule has 4 heteroatoms. The lowest BCUT2D eigenvalue weighted by Gasteiger charge is -2.46. The van der Waals surface area contributed by atoms with Gasteiger partial charge in [0.2, 0.25) is 6.10 Å². The second-order valence-electron chi connectivity index (χ2n) is 6.08. The van der Waals surface area contributed by atoms with Crippen LogP contribution in [0.4, 0.5) is 0 Å². The zero-order chi connectivity index (χ0) is 17.1. The van der Waals surface area contributed by atoms with Crippen molar-refractivity contribution < 1.29 is 9.53 Å². The average molecular weight is 349 g/mol. The Balaban J connectivity index is 1.50. The molecular formula is C21H19NO2S. The minimum Gasteiger partial charge on any atom is -0.478 e. The summed E-state index contributed by atoms with van der Waals surface area (Å²) >= 11 is 1.67. The first-order chi connectivity index (χ1) is 12.3. The summed E-state index contributed by atoms with van der Waals surface area (Å²) in [6.45, 7) is 0.708. The number of nitrogens with zero attached hydrogens (tertiary/aromatic N) is 1. The molecular weight excluding hydrogens is 330 g/mol. The van der Waals surface area contributed by atoms with E-state index in [-0.39, 0.29) is 11.9 Å². The molecule has 2 aromatic carbocycles. The summed E-state index contributed by atoms with van der Waals surface area (Å²) in [4.78, 5) is 15.8. The standard InChI is InChI=1S/C21H19NO2S/c23-21-20(24-17-10-5-2-6-11-17)19(18-12-7-15-25-18)22(21)14-13-16-8-3-1-4-9-16/h1-12,15,19-20H,13-14H2/t19-,20+/m1/s1. The number of thiophene rings is 1. The third-order valence-corrected chi connectivity index (χ3v) is 5.42.